The Kier molecular flexibility index (Phi) is 6.16. The smallest absolute Gasteiger partial charge is 0.206 e. The van der Waals surface area contributed by atoms with Gasteiger partial charge >= 0.3 is 0 Å². The molecule has 0 saturated heterocycles. The molecule has 0 fully saturated rings. The molecule has 0 aliphatic rings. The molecule has 0 N–H and O–H groups in total. The molecule has 2 rings (SSSR count). The normalized spacial score (nSPS) is 13.3. The monoisotopic (exact) mass is 418 g/mol. The molecule has 160 valence electrons. The molecule has 0 aliphatic heterocycles. The van der Waals surface area contributed by atoms with Crippen molar-refractivity contribution in [2.24, 2.45) is 0 Å². The van der Waals surface area contributed by atoms with Gasteiger partial charge in [0.1, 0.15) is 22.7 Å². The minimum atomic E-state index is -3.70. The van der Waals surface area contributed by atoms with Crippen molar-refractivity contribution in [2.75, 3.05) is 0 Å². The summed E-state index contributed by atoms with van der Waals surface area (Å²) < 4.78 is 38.5. The zero-order chi connectivity index (χ0) is 22.3. The summed E-state index contributed by atoms with van der Waals surface area (Å²) in [6, 6.07) is 11.8. The SMILES string of the molecule is CC(C)(C)Oc1ccc(S(=O)(=O)c2cc(OC(C)(C)C)cc(C(C)(C)C)c2)cc1. The number of hydrogen-bond donors (Lipinski definition) is 0. The highest BCUT2D eigenvalue weighted by molar-refractivity contribution is 7.91. The lowest BCUT2D eigenvalue weighted by atomic mass is 9.87. The standard InChI is InChI=1S/C24H34O4S/c1-22(2,3)17-14-19(28-24(7,8)9)16-21(15-17)29(25,26)20-12-10-18(11-13-20)27-23(4,5)6/h10-16H,1-9H3. The van der Waals surface area contributed by atoms with E-state index in [1.807, 2.05) is 47.6 Å². The van der Waals surface area contributed by atoms with Crippen molar-refractivity contribution in [1.82, 2.24) is 0 Å². The summed E-state index contributed by atoms with van der Waals surface area (Å²) in [6.45, 7) is 17.8. The number of rotatable bonds is 4. The molecule has 0 bridgehead atoms. The van der Waals surface area contributed by atoms with Crippen LogP contribution in [0.1, 0.15) is 67.9 Å². The van der Waals surface area contributed by atoms with E-state index in [2.05, 4.69) is 20.8 Å². The Balaban J connectivity index is 2.52. The minimum absolute atomic E-state index is 0.216. The molecule has 0 aromatic heterocycles. The number of hydrogen-bond acceptors (Lipinski definition) is 4. The van der Waals surface area contributed by atoms with Gasteiger partial charge in [-0.25, -0.2) is 8.42 Å². The quantitative estimate of drug-likeness (QED) is 0.596. The van der Waals surface area contributed by atoms with Crippen LogP contribution in [0.25, 0.3) is 0 Å². The van der Waals surface area contributed by atoms with Crippen LogP contribution in [0.3, 0.4) is 0 Å². The van der Waals surface area contributed by atoms with Crippen LogP contribution >= 0.6 is 0 Å². The lowest BCUT2D eigenvalue weighted by Crippen LogP contribution is -2.24. The van der Waals surface area contributed by atoms with Crippen molar-refractivity contribution in [1.29, 1.82) is 0 Å². The van der Waals surface area contributed by atoms with Crippen LogP contribution in [0.2, 0.25) is 0 Å². The Hall–Kier alpha value is -2.01. The molecule has 0 unspecified atom stereocenters. The van der Waals surface area contributed by atoms with Gasteiger partial charge < -0.3 is 9.47 Å². The van der Waals surface area contributed by atoms with Crippen LogP contribution in [0.4, 0.5) is 0 Å². The van der Waals surface area contributed by atoms with Gasteiger partial charge in [0, 0.05) is 0 Å². The van der Waals surface area contributed by atoms with Gasteiger partial charge in [0.15, 0.2) is 0 Å². The second-order valence-corrected chi connectivity index (χ2v) is 12.3. The fourth-order valence-electron chi connectivity index (χ4n) is 2.75. The van der Waals surface area contributed by atoms with Crippen molar-refractivity contribution in [3.63, 3.8) is 0 Å². The van der Waals surface area contributed by atoms with Crippen molar-refractivity contribution >= 4 is 9.84 Å². The zero-order valence-electron chi connectivity index (χ0n) is 19.1. The van der Waals surface area contributed by atoms with Gasteiger partial charge in [-0.2, -0.15) is 0 Å². The summed E-state index contributed by atoms with van der Waals surface area (Å²) in [7, 11) is -3.70. The first-order chi connectivity index (χ1) is 13.0. The third-order valence-electron chi connectivity index (χ3n) is 4.04. The summed E-state index contributed by atoms with van der Waals surface area (Å²) in [5.74, 6) is 1.19. The molecule has 4 nitrogen and oxygen atoms in total. The van der Waals surface area contributed by atoms with Crippen LogP contribution in [-0.2, 0) is 15.3 Å². The van der Waals surface area contributed by atoms with Gasteiger partial charge in [0.05, 0.1) is 9.79 Å². The maximum atomic E-state index is 13.3. The third-order valence-corrected chi connectivity index (χ3v) is 5.79. The average molecular weight is 419 g/mol. The average Bonchev–Trinajstić information content (AvgIpc) is 2.51. The Morgan fingerprint density at radius 1 is 0.621 bits per heavy atom. The van der Waals surface area contributed by atoms with Crippen LogP contribution in [0.15, 0.2) is 52.3 Å². The van der Waals surface area contributed by atoms with E-state index in [9.17, 15) is 8.42 Å². The molecule has 0 saturated carbocycles. The fourth-order valence-corrected chi connectivity index (χ4v) is 4.07. The topological polar surface area (TPSA) is 52.6 Å². The van der Waals surface area contributed by atoms with E-state index in [1.54, 1.807) is 36.4 Å². The van der Waals surface area contributed by atoms with Crippen molar-refractivity contribution < 1.29 is 17.9 Å². The van der Waals surface area contributed by atoms with Gasteiger partial charge in [-0.3, -0.25) is 0 Å². The van der Waals surface area contributed by atoms with E-state index < -0.39 is 15.4 Å². The molecule has 2 aromatic carbocycles. The first-order valence-electron chi connectivity index (χ1n) is 9.86. The van der Waals surface area contributed by atoms with Gasteiger partial charge in [0.25, 0.3) is 0 Å². The van der Waals surface area contributed by atoms with Crippen LogP contribution in [-0.4, -0.2) is 19.6 Å². The summed E-state index contributed by atoms with van der Waals surface area (Å²) in [5, 5.41) is 0. The molecule has 0 spiro atoms. The molecule has 2 aromatic rings. The summed E-state index contributed by atoms with van der Waals surface area (Å²) in [5.41, 5.74) is -0.0822. The second-order valence-electron chi connectivity index (χ2n) is 10.3. The van der Waals surface area contributed by atoms with E-state index in [0.29, 0.717) is 11.5 Å². The van der Waals surface area contributed by atoms with Crippen LogP contribution in [0.5, 0.6) is 11.5 Å². The summed E-state index contributed by atoms with van der Waals surface area (Å²) >= 11 is 0. The molecule has 0 atom stereocenters. The first kappa shape index (κ1) is 23.3. The van der Waals surface area contributed by atoms with Crippen LogP contribution in [0, 0.1) is 0 Å². The molecule has 0 heterocycles. The molecule has 5 heteroatoms. The predicted molar refractivity (Wildman–Crippen MR) is 118 cm³/mol. The largest absolute Gasteiger partial charge is 0.488 e. The minimum Gasteiger partial charge on any atom is -0.488 e. The molecule has 0 radical (unpaired) electrons. The second kappa shape index (κ2) is 7.67. The molecular formula is C24H34O4S. The number of ether oxygens (including phenoxy) is 2. The lowest BCUT2D eigenvalue weighted by Gasteiger charge is -2.25. The van der Waals surface area contributed by atoms with Gasteiger partial charge in [0.2, 0.25) is 9.84 Å². The van der Waals surface area contributed by atoms with E-state index in [0.717, 1.165) is 5.56 Å². The Labute approximate surface area is 176 Å². The predicted octanol–water partition coefficient (Wildman–Crippen LogP) is 6.17. The molecular weight excluding hydrogens is 384 g/mol. The van der Waals surface area contributed by atoms with E-state index >= 15 is 0 Å². The van der Waals surface area contributed by atoms with Gasteiger partial charge in [-0.05, 0) is 95.0 Å². The maximum Gasteiger partial charge on any atom is 0.206 e. The zero-order valence-corrected chi connectivity index (χ0v) is 19.9. The van der Waals surface area contributed by atoms with Gasteiger partial charge in [-0.1, -0.05) is 20.8 Å². The van der Waals surface area contributed by atoms with Crippen molar-refractivity contribution in [3.05, 3.63) is 48.0 Å². The highest BCUT2D eigenvalue weighted by Gasteiger charge is 2.25. The first-order valence-corrected chi connectivity index (χ1v) is 11.3. The Morgan fingerprint density at radius 3 is 1.55 bits per heavy atom. The molecule has 0 aliphatic carbocycles. The van der Waals surface area contributed by atoms with Crippen molar-refractivity contribution in [2.45, 2.75) is 88.7 Å². The summed E-state index contributed by atoms with van der Waals surface area (Å²) in [6.07, 6.45) is 0. The lowest BCUT2D eigenvalue weighted by molar-refractivity contribution is 0.130. The highest BCUT2D eigenvalue weighted by atomic mass is 32.2. The van der Waals surface area contributed by atoms with Crippen molar-refractivity contribution in [3.8, 4) is 11.5 Å². The van der Waals surface area contributed by atoms with Gasteiger partial charge in [-0.15, -0.1) is 0 Å². The fraction of sp³-hybridized carbons (Fsp3) is 0.500. The molecule has 29 heavy (non-hydrogen) atoms. The maximum absolute atomic E-state index is 13.3. The van der Waals surface area contributed by atoms with E-state index in [4.69, 9.17) is 9.47 Å². The molecule has 0 amide bonds. The van der Waals surface area contributed by atoms with E-state index in [-0.39, 0.29) is 20.8 Å². The Morgan fingerprint density at radius 2 is 1.10 bits per heavy atom. The highest BCUT2D eigenvalue weighted by Crippen LogP contribution is 2.33. The number of benzene rings is 2. The summed E-state index contributed by atoms with van der Waals surface area (Å²) in [4.78, 5) is 0.459. The Bertz CT molecular complexity index is 952. The third kappa shape index (κ3) is 6.49. The number of sulfone groups is 1. The van der Waals surface area contributed by atoms with Crippen LogP contribution < -0.4 is 9.47 Å². The van der Waals surface area contributed by atoms with E-state index in [1.165, 1.54) is 0 Å².